The lowest BCUT2D eigenvalue weighted by Gasteiger charge is -2.34. The summed E-state index contributed by atoms with van der Waals surface area (Å²) in [6, 6.07) is 7.78. The number of carbonyl (C=O) groups excluding carboxylic acids is 1. The summed E-state index contributed by atoms with van der Waals surface area (Å²) in [5.41, 5.74) is 1.86. The summed E-state index contributed by atoms with van der Waals surface area (Å²) in [6.07, 6.45) is 1.82. The van der Waals surface area contributed by atoms with Crippen LogP contribution >= 0.6 is 11.3 Å². The van der Waals surface area contributed by atoms with E-state index in [1.165, 1.54) is 0 Å². The molecule has 0 aliphatic carbocycles. The second kappa shape index (κ2) is 5.63. The first kappa shape index (κ1) is 13.1. The van der Waals surface area contributed by atoms with Crippen LogP contribution in [0.4, 0.5) is 5.13 Å². The highest BCUT2D eigenvalue weighted by Crippen LogP contribution is 2.20. The van der Waals surface area contributed by atoms with Gasteiger partial charge in [-0.15, -0.1) is 11.3 Å². The molecule has 1 fully saturated rings. The topological polar surface area (TPSA) is 36.4 Å². The third-order valence-corrected chi connectivity index (χ3v) is 4.46. The smallest absolute Gasteiger partial charge is 0.254 e. The Balaban J connectivity index is 1.66. The summed E-state index contributed by atoms with van der Waals surface area (Å²) in [6.45, 7) is 5.20. The Morgan fingerprint density at radius 1 is 1.20 bits per heavy atom. The molecular weight excluding hydrogens is 270 g/mol. The molecule has 5 heteroatoms. The first-order valence-corrected chi connectivity index (χ1v) is 7.63. The van der Waals surface area contributed by atoms with Gasteiger partial charge < -0.3 is 9.80 Å². The van der Waals surface area contributed by atoms with Crippen molar-refractivity contribution in [2.24, 2.45) is 0 Å². The molecule has 1 saturated heterocycles. The molecule has 0 saturated carbocycles. The van der Waals surface area contributed by atoms with Crippen LogP contribution in [-0.2, 0) is 0 Å². The quantitative estimate of drug-likeness (QED) is 0.851. The molecule has 1 aliphatic rings. The van der Waals surface area contributed by atoms with Crippen molar-refractivity contribution >= 4 is 22.4 Å². The van der Waals surface area contributed by atoms with Crippen LogP contribution in [0.2, 0.25) is 0 Å². The molecule has 0 spiro atoms. The van der Waals surface area contributed by atoms with Crippen LogP contribution in [0.1, 0.15) is 15.9 Å². The first-order chi connectivity index (χ1) is 9.75. The van der Waals surface area contributed by atoms with Crippen LogP contribution in [0.3, 0.4) is 0 Å². The second-order valence-corrected chi connectivity index (χ2v) is 5.78. The maximum absolute atomic E-state index is 12.5. The first-order valence-electron chi connectivity index (χ1n) is 6.75. The van der Waals surface area contributed by atoms with Gasteiger partial charge in [-0.25, -0.2) is 4.98 Å². The molecule has 3 rings (SSSR count). The predicted octanol–water partition coefficient (Wildman–Crippen LogP) is 2.41. The van der Waals surface area contributed by atoms with E-state index < -0.39 is 0 Å². The molecule has 4 nitrogen and oxygen atoms in total. The van der Waals surface area contributed by atoms with Crippen molar-refractivity contribution in [3.05, 3.63) is 47.0 Å². The molecule has 0 N–H and O–H groups in total. The lowest BCUT2D eigenvalue weighted by atomic mass is 10.1. The van der Waals surface area contributed by atoms with E-state index in [4.69, 9.17) is 0 Å². The van der Waals surface area contributed by atoms with Crippen LogP contribution < -0.4 is 4.90 Å². The van der Waals surface area contributed by atoms with Crippen LogP contribution in [0.25, 0.3) is 0 Å². The molecule has 20 heavy (non-hydrogen) atoms. The number of carbonyl (C=O) groups is 1. The van der Waals surface area contributed by atoms with Gasteiger partial charge in [-0.3, -0.25) is 4.79 Å². The van der Waals surface area contributed by atoms with Crippen LogP contribution in [0, 0.1) is 6.92 Å². The van der Waals surface area contributed by atoms with E-state index in [0.717, 1.165) is 42.4 Å². The van der Waals surface area contributed by atoms with Crippen LogP contribution in [0.5, 0.6) is 0 Å². The summed E-state index contributed by atoms with van der Waals surface area (Å²) in [7, 11) is 0. The van der Waals surface area contributed by atoms with Crippen molar-refractivity contribution in [1.82, 2.24) is 9.88 Å². The number of hydrogen-bond acceptors (Lipinski definition) is 4. The van der Waals surface area contributed by atoms with Gasteiger partial charge in [-0.1, -0.05) is 18.2 Å². The molecule has 2 aromatic rings. The number of aromatic nitrogens is 1. The summed E-state index contributed by atoms with van der Waals surface area (Å²) in [5.74, 6) is 0.141. The molecule has 0 radical (unpaired) electrons. The fraction of sp³-hybridized carbons (Fsp3) is 0.333. The van der Waals surface area contributed by atoms with Gasteiger partial charge in [0.2, 0.25) is 0 Å². The Morgan fingerprint density at radius 2 is 1.95 bits per heavy atom. The maximum atomic E-state index is 12.5. The molecular formula is C15H17N3OS. The number of amides is 1. The normalized spacial score (nSPS) is 15.4. The maximum Gasteiger partial charge on any atom is 0.254 e. The van der Waals surface area contributed by atoms with Gasteiger partial charge >= 0.3 is 0 Å². The molecule has 1 aromatic carbocycles. The zero-order valence-electron chi connectivity index (χ0n) is 11.5. The van der Waals surface area contributed by atoms with Crippen molar-refractivity contribution in [3.63, 3.8) is 0 Å². The number of aryl methyl sites for hydroxylation is 1. The summed E-state index contributed by atoms with van der Waals surface area (Å²) < 4.78 is 0. The van der Waals surface area contributed by atoms with Crippen molar-refractivity contribution in [1.29, 1.82) is 0 Å². The number of thiazole rings is 1. The molecule has 0 unspecified atom stereocenters. The Hall–Kier alpha value is -1.88. The van der Waals surface area contributed by atoms with Crippen molar-refractivity contribution < 1.29 is 4.79 Å². The number of piperazine rings is 1. The SMILES string of the molecule is Cc1ccccc1C(=O)N1CCN(c2nccs2)CC1. The van der Waals surface area contributed by atoms with Gasteiger partial charge in [0.05, 0.1) is 0 Å². The summed E-state index contributed by atoms with van der Waals surface area (Å²) in [5, 5.41) is 3.04. The van der Waals surface area contributed by atoms with E-state index in [0.29, 0.717) is 0 Å². The summed E-state index contributed by atoms with van der Waals surface area (Å²) >= 11 is 1.65. The Morgan fingerprint density at radius 3 is 2.60 bits per heavy atom. The third-order valence-electron chi connectivity index (χ3n) is 3.63. The standard InChI is InChI=1S/C15H17N3OS/c1-12-4-2-3-5-13(12)14(19)17-7-9-18(10-8-17)15-16-6-11-20-15/h2-6,11H,7-10H2,1H3. The molecule has 1 aliphatic heterocycles. The second-order valence-electron chi connectivity index (χ2n) is 4.91. The highest BCUT2D eigenvalue weighted by Gasteiger charge is 2.23. The zero-order valence-corrected chi connectivity index (χ0v) is 12.3. The predicted molar refractivity (Wildman–Crippen MR) is 81.4 cm³/mol. The summed E-state index contributed by atoms with van der Waals surface area (Å²) in [4.78, 5) is 21.0. The Labute approximate surface area is 122 Å². The van der Waals surface area contributed by atoms with Crippen LogP contribution in [-0.4, -0.2) is 42.0 Å². The van der Waals surface area contributed by atoms with Crippen molar-refractivity contribution in [2.45, 2.75) is 6.92 Å². The van der Waals surface area contributed by atoms with E-state index in [2.05, 4.69) is 9.88 Å². The average Bonchev–Trinajstić information content (AvgIpc) is 3.01. The molecule has 104 valence electrons. The van der Waals surface area contributed by atoms with Gasteiger partial charge in [0, 0.05) is 43.3 Å². The van der Waals surface area contributed by atoms with E-state index >= 15 is 0 Å². The average molecular weight is 287 g/mol. The van der Waals surface area contributed by atoms with Crippen molar-refractivity contribution in [3.8, 4) is 0 Å². The van der Waals surface area contributed by atoms with E-state index in [-0.39, 0.29) is 5.91 Å². The number of nitrogens with zero attached hydrogens (tertiary/aromatic N) is 3. The minimum Gasteiger partial charge on any atom is -0.345 e. The molecule has 0 bridgehead atoms. The fourth-order valence-corrected chi connectivity index (χ4v) is 3.15. The van der Waals surface area contributed by atoms with E-state index in [9.17, 15) is 4.79 Å². The van der Waals surface area contributed by atoms with Crippen LogP contribution in [0.15, 0.2) is 35.8 Å². The monoisotopic (exact) mass is 287 g/mol. The van der Waals surface area contributed by atoms with Gasteiger partial charge in [0.1, 0.15) is 0 Å². The Kier molecular flexibility index (Phi) is 3.69. The van der Waals surface area contributed by atoms with E-state index in [1.807, 2.05) is 47.7 Å². The number of anilines is 1. The number of rotatable bonds is 2. The fourth-order valence-electron chi connectivity index (χ4n) is 2.46. The minimum absolute atomic E-state index is 0.141. The molecule has 1 aromatic heterocycles. The minimum atomic E-state index is 0.141. The highest BCUT2D eigenvalue weighted by atomic mass is 32.1. The Bertz CT molecular complexity index is 589. The molecule has 1 amide bonds. The van der Waals surface area contributed by atoms with Gasteiger partial charge in [0.25, 0.3) is 5.91 Å². The van der Waals surface area contributed by atoms with Crippen molar-refractivity contribution in [2.75, 3.05) is 31.1 Å². The third kappa shape index (κ3) is 2.54. The van der Waals surface area contributed by atoms with E-state index in [1.54, 1.807) is 11.3 Å². The molecule has 2 heterocycles. The van der Waals surface area contributed by atoms with Gasteiger partial charge in [0.15, 0.2) is 5.13 Å². The largest absolute Gasteiger partial charge is 0.345 e. The number of hydrogen-bond donors (Lipinski definition) is 0. The highest BCUT2D eigenvalue weighted by molar-refractivity contribution is 7.13. The lowest BCUT2D eigenvalue weighted by Crippen LogP contribution is -2.48. The lowest BCUT2D eigenvalue weighted by molar-refractivity contribution is 0.0746. The zero-order chi connectivity index (χ0) is 13.9. The number of benzene rings is 1. The molecule has 0 atom stereocenters. The van der Waals surface area contributed by atoms with Gasteiger partial charge in [-0.05, 0) is 18.6 Å². The van der Waals surface area contributed by atoms with Gasteiger partial charge in [-0.2, -0.15) is 0 Å².